The number of hydrogen-bond donors (Lipinski definition) is 2. The third-order valence-corrected chi connectivity index (χ3v) is 4.86. The fraction of sp³-hybridized carbons (Fsp3) is 0.412. The summed E-state index contributed by atoms with van der Waals surface area (Å²) in [4.78, 5) is 24.1. The third kappa shape index (κ3) is 2.34. The Kier molecular flexibility index (Phi) is 3.25. The van der Waals surface area contributed by atoms with Crippen LogP contribution in [0.15, 0.2) is 30.4 Å². The zero-order valence-electron chi connectivity index (χ0n) is 12.4. The number of benzene rings is 1. The Morgan fingerprint density at radius 3 is 2.48 bits per heavy atom. The van der Waals surface area contributed by atoms with Crippen LogP contribution in [0.4, 0.5) is 5.69 Å². The molecule has 2 aliphatic carbocycles. The van der Waals surface area contributed by atoms with Gasteiger partial charge in [-0.05, 0) is 30.4 Å². The lowest BCUT2D eigenvalue weighted by atomic mass is 9.82. The van der Waals surface area contributed by atoms with Crippen LogP contribution in [0.2, 0.25) is 0 Å². The molecule has 6 heteroatoms. The fourth-order valence-corrected chi connectivity index (χ4v) is 3.86. The van der Waals surface area contributed by atoms with E-state index >= 15 is 0 Å². The molecule has 1 aromatic rings. The highest BCUT2D eigenvalue weighted by Gasteiger charge is 2.51. The van der Waals surface area contributed by atoms with Crippen LogP contribution >= 0.6 is 0 Å². The van der Waals surface area contributed by atoms with E-state index in [2.05, 4.69) is 5.32 Å². The minimum absolute atomic E-state index is 0.0123. The minimum Gasteiger partial charge on any atom is -0.486 e. The van der Waals surface area contributed by atoms with E-state index in [1.165, 1.54) is 0 Å². The predicted octanol–water partition coefficient (Wildman–Crippen LogP) is 1.92. The molecule has 0 spiro atoms. The summed E-state index contributed by atoms with van der Waals surface area (Å²) in [6, 6.07) is 5.20. The van der Waals surface area contributed by atoms with Crippen LogP contribution in [0.1, 0.15) is 6.42 Å². The molecule has 4 rings (SSSR count). The number of carbonyl (C=O) groups excluding carboxylic acids is 1. The van der Waals surface area contributed by atoms with E-state index in [9.17, 15) is 14.7 Å². The molecule has 1 heterocycles. The highest BCUT2D eigenvalue weighted by Crippen LogP contribution is 2.48. The lowest BCUT2D eigenvalue weighted by Gasteiger charge is -2.24. The summed E-state index contributed by atoms with van der Waals surface area (Å²) < 4.78 is 10.9. The molecule has 1 aromatic carbocycles. The van der Waals surface area contributed by atoms with Gasteiger partial charge in [0, 0.05) is 11.8 Å². The Hall–Kier alpha value is -2.50. The van der Waals surface area contributed by atoms with Crippen LogP contribution in [0, 0.1) is 23.7 Å². The van der Waals surface area contributed by atoms with Gasteiger partial charge in [0.1, 0.15) is 13.2 Å². The third-order valence-electron chi connectivity index (χ3n) is 4.86. The highest BCUT2D eigenvalue weighted by molar-refractivity contribution is 5.96. The first-order chi connectivity index (χ1) is 11.1. The van der Waals surface area contributed by atoms with E-state index in [1.54, 1.807) is 18.2 Å². The van der Waals surface area contributed by atoms with Gasteiger partial charge in [0.05, 0.1) is 11.8 Å². The van der Waals surface area contributed by atoms with Crippen molar-refractivity contribution in [2.45, 2.75) is 6.42 Å². The molecule has 2 N–H and O–H groups in total. The first-order valence-corrected chi connectivity index (χ1v) is 7.75. The molecule has 0 saturated heterocycles. The fourth-order valence-electron chi connectivity index (χ4n) is 3.86. The normalized spacial score (nSPS) is 30.3. The van der Waals surface area contributed by atoms with Gasteiger partial charge in [0.25, 0.3) is 0 Å². The molecule has 3 aliphatic rings. The lowest BCUT2D eigenvalue weighted by molar-refractivity contribution is -0.146. The van der Waals surface area contributed by atoms with Crippen LogP contribution in [0.3, 0.4) is 0 Å². The average molecular weight is 315 g/mol. The summed E-state index contributed by atoms with van der Waals surface area (Å²) in [5, 5.41) is 12.3. The zero-order chi connectivity index (χ0) is 16.0. The Balaban J connectivity index is 1.54. The number of aliphatic carboxylic acids is 1. The molecule has 23 heavy (non-hydrogen) atoms. The van der Waals surface area contributed by atoms with Crippen LogP contribution < -0.4 is 14.8 Å². The topological polar surface area (TPSA) is 84.9 Å². The first kappa shape index (κ1) is 14.1. The number of allylic oxidation sites excluding steroid dienone is 2. The molecular weight excluding hydrogens is 298 g/mol. The van der Waals surface area contributed by atoms with Gasteiger partial charge < -0.3 is 19.9 Å². The number of carboxylic acids is 1. The van der Waals surface area contributed by atoms with Gasteiger partial charge >= 0.3 is 5.97 Å². The van der Waals surface area contributed by atoms with Crippen molar-refractivity contribution in [1.82, 2.24) is 0 Å². The van der Waals surface area contributed by atoms with E-state index < -0.39 is 17.8 Å². The van der Waals surface area contributed by atoms with E-state index in [-0.39, 0.29) is 17.7 Å². The molecule has 1 saturated carbocycles. The van der Waals surface area contributed by atoms with Gasteiger partial charge in [-0.2, -0.15) is 0 Å². The Bertz CT molecular complexity index is 698. The number of rotatable bonds is 3. The van der Waals surface area contributed by atoms with Gasteiger partial charge in [-0.25, -0.2) is 0 Å². The van der Waals surface area contributed by atoms with Crippen molar-refractivity contribution in [1.29, 1.82) is 0 Å². The van der Waals surface area contributed by atoms with Crippen molar-refractivity contribution in [3.8, 4) is 11.5 Å². The van der Waals surface area contributed by atoms with Crippen molar-refractivity contribution >= 4 is 17.6 Å². The second-order valence-corrected chi connectivity index (χ2v) is 6.19. The van der Waals surface area contributed by atoms with Crippen LogP contribution in [0.5, 0.6) is 11.5 Å². The Labute approximate surface area is 133 Å². The standard InChI is InChI=1S/C17H17NO5/c19-16(14-9-1-2-10(7-9)15(14)17(20)21)18-11-3-4-12-13(8-11)23-6-5-22-12/h1-4,8-10,14-15H,5-7H2,(H,18,19)(H,20,21)/t9-,10+,14+,15-/m1/s1. The van der Waals surface area contributed by atoms with Crippen molar-refractivity contribution in [3.05, 3.63) is 30.4 Å². The van der Waals surface area contributed by atoms with Gasteiger partial charge in [-0.3, -0.25) is 9.59 Å². The molecular formula is C17H17NO5. The molecule has 1 amide bonds. The van der Waals surface area contributed by atoms with Crippen molar-refractivity contribution in [2.75, 3.05) is 18.5 Å². The molecule has 1 aliphatic heterocycles. The monoisotopic (exact) mass is 315 g/mol. The maximum atomic E-state index is 12.6. The second kappa shape index (κ2) is 5.30. The molecule has 1 fully saturated rings. The number of ether oxygens (including phenoxy) is 2. The van der Waals surface area contributed by atoms with E-state index in [0.29, 0.717) is 30.4 Å². The summed E-state index contributed by atoms with van der Waals surface area (Å²) in [6.45, 7) is 0.985. The van der Waals surface area contributed by atoms with Crippen LogP contribution in [0.25, 0.3) is 0 Å². The molecule has 6 nitrogen and oxygen atoms in total. The van der Waals surface area contributed by atoms with Crippen molar-refractivity contribution in [3.63, 3.8) is 0 Å². The summed E-state index contributed by atoms with van der Waals surface area (Å²) in [5.74, 6) is -1.07. The van der Waals surface area contributed by atoms with Crippen molar-refractivity contribution in [2.24, 2.45) is 23.7 Å². The Morgan fingerprint density at radius 1 is 1.04 bits per heavy atom. The molecule has 0 radical (unpaired) electrons. The van der Waals surface area contributed by atoms with Crippen LogP contribution in [-0.4, -0.2) is 30.2 Å². The SMILES string of the molecule is O=C(Nc1ccc2c(c1)OCCO2)[C@@H]1[C@H](C(=O)O)[C@H]2C=C[C@@H]1C2. The predicted molar refractivity (Wildman–Crippen MR) is 81.4 cm³/mol. The average Bonchev–Trinajstić information content (AvgIpc) is 3.15. The quantitative estimate of drug-likeness (QED) is 0.832. The molecule has 0 unspecified atom stereocenters. The number of amides is 1. The smallest absolute Gasteiger partial charge is 0.307 e. The summed E-state index contributed by atoms with van der Waals surface area (Å²) >= 11 is 0. The summed E-state index contributed by atoms with van der Waals surface area (Å²) in [7, 11) is 0. The largest absolute Gasteiger partial charge is 0.486 e. The number of carboxylic acid groups (broad SMARTS) is 1. The number of carbonyl (C=O) groups is 2. The van der Waals surface area contributed by atoms with E-state index in [1.807, 2.05) is 12.2 Å². The van der Waals surface area contributed by atoms with E-state index in [0.717, 1.165) is 6.42 Å². The zero-order valence-corrected chi connectivity index (χ0v) is 12.4. The number of anilines is 1. The summed E-state index contributed by atoms with van der Waals surface area (Å²) in [5.41, 5.74) is 0.593. The second-order valence-electron chi connectivity index (χ2n) is 6.19. The minimum atomic E-state index is -0.899. The maximum Gasteiger partial charge on any atom is 0.307 e. The lowest BCUT2D eigenvalue weighted by Crippen LogP contribution is -2.36. The maximum absolute atomic E-state index is 12.6. The number of hydrogen-bond acceptors (Lipinski definition) is 4. The first-order valence-electron chi connectivity index (χ1n) is 7.75. The Morgan fingerprint density at radius 2 is 1.74 bits per heavy atom. The molecule has 4 atom stereocenters. The molecule has 2 bridgehead atoms. The van der Waals surface area contributed by atoms with Gasteiger partial charge in [0.2, 0.25) is 5.91 Å². The number of nitrogens with one attached hydrogen (secondary N) is 1. The molecule has 120 valence electrons. The van der Waals surface area contributed by atoms with E-state index in [4.69, 9.17) is 9.47 Å². The summed E-state index contributed by atoms with van der Waals surface area (Å²) in [6.07, 6.45) is 4.64. The molecule has 0 aromatic heterocycles. The van der Waals surface area contributed by atoms with Gasteiger partial charge in [-0.15, -0.1) is 0 Å². The van der Waals surface area contributed by atoms with Gasteiger partial charge in [0.15, 0.2) is 11.5 Å². The number of fused-ring (bicyclic) bond motifs is 3. The van der Waals surface area contributed by atoms with Gasteiger partial charge in [-0.1, -0.05) is 12.2 Å². The van der Waals surface area contributed by atoms with Crippen LogP contribution in [-0.2, 0) is 9.59 Å². The highest BCUT2D eigenvalue weighted by atomic mass is 16.6. The van der Waals surface area contributed by atoms with Crippen molar-refractivity contribution < 1.29 is 24.2 Å².